The van der Waals surface area contributed by atoms with E-state index in [4.69, 9.17) is 5.11 Å². The van der Waals surface area contributed by atoms with Crippen molar-refractivity contribution in [1.82, 2.24) is 9.80 Å². The minimum atomic E-state index is -0.867. The maximum absolute atomic E-state index is 12.1. The van der Waals surface area contributed by atoms with Crippen molar-refractivity contribution in [2.75, 3.05) is 26.2 Å². The van der Waals surface area contributed by atoms with Crippen molar-refractivity contribution in [2.45, 2.75) is 38.6 Å². The highest BCUT2D eigenvalue weighted by Crippen LogP contribution is 2.19. The standard InChI is InChI=1S/C13H22N2O3/c1-10-4-7-14(8-5-10)9-12(16)15-6-2-3-11(15)13(17)18/h10-11H,2-9H2,1H3,(H,17,18). The molecule has 2 aliphatic rings. The summed E-state index contributed by atoms with van der Waals surface area (Å²) in [6.07, 6.45) is 3.67. The molecule has 0 aromatic rings. The summed E-state index contributed by atoms with van der Waals surface area (Å²) < 4.78 is 0. The first kappa shape index (κ1) is 13.3. The average Bonchev–Trinajstić information content (AvgIpc) is 2.81. The molecule has 2 aliphatic heterocycles. The SMILES string of the molecule is CC1CCN(CC(=O)N2CCCC2C(=O)O)CC1. The van der Waals surface area contributed by atoms with Crippen LogP contribution < -0.4 is 0 Å². The van der Waals surface area contributed by atoms with Crippen LogP contribution in [0.2, 0.25) is 0 Å². The normalized spacial score (nSPS) is 26.5. The molecule has 2 saturated heterocycles. The molecule has 1 atom stereocenters. The van der Waals surface area contributed by atoms with Gasteiger partial charge in [0.2, 0.25) is 5.91 Å². The molecule has 0 aromatic heterocycles. The van der Waals surface area contributed by atoms with Gasteiger partial charge in [-0.05, 0) is 44.7 Å². The lowest BCUT2D eigenvalue weighted by atomic mass is 9.99. The van der Waals surface area contributed by atoms with Crippen molar-refractivity contribution < 1.29 is 14.7 Å². The molecule has 5 nitrogen and oxygen atoms in total. The summed E-state index contributed by atoms with van der Waals surface area (Å²) in [7, 11) is 0. The third kappa shape index (κ3) is 3.02. The molecule has 102 valence electrons. The van der Waals surface area contributed by atoms with Crippen LogP contribution in [0, 0.1) is 5.92 Å². The fourth-order valence-electron chi connectivity index (χ4n) is 2.82. The van der Waals surface area contributed by atoms with Gasteiger partial charge in [0.1, 0.15) is 6.04 Å². The second-order valence-electron chi connectivity index (χ2n) is 5.54. The lowest BCUT2D eigenvalue weighted by molar-refractivity contribution is -0.148. The first-order valence-corrected chi connectivity index (χ1v) is 6.82. The van der Waals surface area contributed by atoms with Gasteiger partial charge in [-0.15, -0.1) is 0 Å². The second kappa shape index (κ2) is 5.69. The summed E-state index contributed by atoms with van der Waals surface area (Å²) in [5.41, 5.74) is 0. The van der Waals surface area contributed by atoms with Crippen molar-refractivity contribution in [2.24, 2.45) is 5.92 Å². The van der Waals surface area contributed by atoms with Gasteiger partial charge in [0.25, 0.3) is 0 Å². The molecule has 1 amide bonds. The van der Waals surface area contributed by atoms with Gasteiger partial charge in [-0.2, -0.15) is 0 Å². The number of carbonyl (C=O) groups excluding carboxylic acids is 1. The Morgan fingerprint density at radius 2 is 1.83 bits per heavy atom. The van der Waals surface area contributed by atoms with Crippen molar-refractivity contribution in [1.29, 1.82) is 0 Å². The smallest absolute Gasteiger partial charge is 0.326 e. The molecule has 0 bridgehead atoms. The summed E-state index contributed by atoms with van der Waals surface area (Å²) in [6.45, 7) is 5.13. The minimum absolute atomic E-state index is 0.0190. The molecule has 1 unspecified atom stereocenters. The maximum Gasteiger partial charge on any atom is 0.326 e. The zero-order valence-electron chi connectivity index (χ0n) is 11.0. The van der Waals surface area contributed by atoms with E-state index < -0.39 is 12.0 Å². The first-order chi connectivity index (χ1) is 8.58. The van der Waals surface area contributed by atoms with Crippen LogP contribution in [0.5, 0.6) is 0 Å². The van der Waals surface area contributed by atoms with Crippen LogP contribution >= 0.6 is 0 Å². The van der Waals surface area contributed by atoms with E-state index in [1.54, 1.807) is 4.90 Å². The zero-order valence-corrected chi connectivity index (χ0v) is 11.0. The van der Waals surface area contributed by atoms with E-state index in [2.05, 4.69) is 11.8 Å². The molecule has 1 N–H and O–H groups in total. The van der Waals surface area contributed by atoms with E-state index in [-0.39, 0.29) is 5.91 Å². The molecule has 0 spiro atoms. The van der Waals surface area contributed by atoms with Crippen LogP contribution in [-0.2, 0) is 9.59 Å². The Hall–Kier alpha value is -1.10. The van der Waals surface area contributed by atoms with Crippen LogP contribution in [0.3, 0.4) is 0 Å². The molecule has 2 heterocycles. The van der Waals surface area contributed by atoms with Crippen LogP contribution in [0.15, 0.2) is 0 Å². The number of hydrogen-bond donors (Lipinski definition) is 1. The summed E-state index contributed by atoms with van der Waals surface area (Å²) >= 11 is 0. The number of likely N-dealkylation sites (tertiary alicyclic amines) is 2. The van der Waals surface area contributed by atoms with E-state index in [0.717, 1.165) is 38.3 Å². The van der Waals surface area contributed by atoms with Crippen LogP contribution in [-0.4, -0.2) is 59.0 Å². The van der Waals surface area contributed by atoms with Gasteiger partial charge in [0.15, 0.2) is 0 Å². The third-order valence-corrected chi connectivity index (χ3v) is 4.09. The molecule has 18 heavy (non-hydrogen) atoms. The molecule has 2 fully saturated rings. The first-order valence-electron chi connectivity index (χ1n) is 6.82. The van der Waals surface area contributed by atoms with E-state index >= 15 is 0 Å². The van der Waals surface area contributed by atoms with E-state index in [1.165, 1.54) is 0 Å². The number of carbonyl (C=O) groups is 2. The Labute approximate surface area is 108 Å². The van der Waals surface area contributed by atoms with Gasteiger partial charge >= 0.3 is 5.97 Å². The van der Waals surface area contributed by atoms with Gasteiger partial charge in [-0.1, -0.05) is 6.92 Å². The van der Waals surface area contributed by atoms with E-state index in [1.807, 2.05) is 0 Å². The molecule has 5 heteroatoms. The van der Waals surface area contributed by atoms with Gasteiger partial charge in [0.05, 0.1) is 6.54 Å². The highest BCUT2D eigenvalue weighted by molar-refractivity contribution is 5.85. The summed E-state index contributed by atoms with van der Waals surface area (Å²) in [5.74, 6) is -0.141. The second-order valence-corrected chi connectivity index (χ2v) is 5.54. The van der Waals surface area contributed by atoms with Crippen molar-refractivity contribution in [3.05, 3.63) is 0 Å². The largest absolute Gasteiger partial charge is 0.480 e. The van der Waals surface area contributed by atoms with E-state index in [0.29, 0.717) is 19.5 Å². The van der Waals surface area contributed by atoms with Crippen molar-refractivity contribution >= 4 is 11.9 Å². The van der Waals surface area contributed by atoms with E-state index in [9.17, 15) is 9.59 Å². The number of aliphatic carboxylic acids is 1. The Kier molecular flexibility index (Phi) is 4.22. The third-order valence-electron chi connectivity index (χ3n) is 4.09. The fraction of sp³-hybridized carbons (Fsp3) is 0.846. The van der Waals surface area contributed by atoms with Crippen LogP contribution in [0.1, 0.15) is 32.6 Å². The van der Waals surface area contributed by atoms with Gasteiger partial charge in [0, 0.05) is 6.54 Å². The Morgan fingerprint density at radius 3 is 2.44 bits per heavy atom. The lowest BCUT2D eigenvalue weighted by Crippen LogP contribution is -2.47. The highest BCUT2D eigenvalue weighted by atomic mass is 16.4. The number of nitrogens with zero attached hydrogens (tertiary/aromatic N) is 2. The number of carboxylic acid groups (broad SMARTS) is 1. The zero-order chi connectivity index (χ0) is 13.1. The van der Waals surface area contributed by atoms with Gasteiger partial charge < -0.3 is 10.0 Å². The molecular formula is C13H22N2O3. The topological polar surface area (TPSA) is 60.9 Å². The minimum Gasteiger partial charge on any atom is -0.480 e. The Balaban J connectivity index is 1.86. The number of hydrogen-bond acceptors (Lipinski definition) is 3. The summed E-state index contributed by atoms with van der Waals surface area (Å²) in [6, 6.07) is -0.596. The molecule has 2 rings (SSSR count). The summed E-state index contributed by atoms with van der Waals surface area (Å²) in [4.78, 5) is 26.9. The average molecular weight is 254 g/mol. The lowest BCUT2D eigenvalue weighted by Gasteiger charge is -2.31. The molecule has 0 aliphatic carbocycles. The maximum atomic E-state index is 12.1. The quantitative estimate of drug-likeness (QED) is 0.809. The predicted molar refractivity (Wildman–Crippen MR) is 67.2 cm³/mol. The monoisotopic (exact) mass is 254 g/mol. The van der Waals surface area contributed by atoms with Gasteiger partial charge in [-0.25, -0.2) is 4.79 Å². The Morgan fingerprint density at radius 1 is 1.17 bits per heavy atom. The predicted octanol–water partition coefficient (Wildman–Crippen LogP) is 0.794. The number of amides is 1. The highest BCUT2D eigenvalue weighted by Gasteiger charge is 2.34. The number of rotatable bonds is 3. The number of piperidine rings is 1. The van der Waals surface area contributed by atoms with Crippen LogP contribution in [0.25, 0.3) is 0 Å². The molecule has 0 radical (unpaired) electrons. The van der Waals surface area contributed by atoms with Crippen LogP contribution in [0.4, 0.5) is 0 Å². The van der Waals surface area contributed by atoms with Gasteiger partial charge in [-0.3, -0.25) is 9.69 Å². The van der Waals surface area contributed by atoms with Crippen molar-refractivity contribution in [3.63, 3.8) is 0 Å². The summed E-state index contributed by atoms with van der Waals surface area (Å²) in [5, 5.41) is 9.07. The molecule has 0 saturated carbocycles. The number of carboxylic acids is 1. The Bertz CT molecular complexity index is 324. The molecule has 0 aromatic carbocycles. The molecular weight excluding hydrogens is 232 g/mol. The van der Waals surface area contributed by atoms with Crippen molar-refractivity contribution in [3.8, 4) is 0 Å². The fourth-order valence-corrected chi connectivity index (χ4v) is 2.82.